The smallest absolute Gasteiger partial charge is 0.261 e. The van der Waals surface area contributed by atoms with Crippen LogP contribution in [-0.2, 0) is 10.0 Å². The molecule has 28 heavy (non-hydrogen) atoms. The maximum Gasteiger partial charge on any atom is 0.261 e. The van der Waals surface area contributed by atoms with Gasteiger partial charge >= 0.3 is 0 Å². The molecule has 0 heterocycles. The molecule has 0 fully saturated rings. The molecule has 0 unspecified atom stereocenters. The van der Waals surface area contributed by atoms with Gasteiger partial charge in [-0.25, -0.2) is 8.42 Å². The third kappa shape index (κ3) is 4.37. The van der Waals surface area contributed by atoms with Gasteiger partial charge in [0.2, 0.25) is 0 Å². The van der Waals surface area contributed by atoms with Gasteiger partial charge in [0.1, 0.15) is 0 Å². The van der Waals surface area contributed by atoms with Gasteiger partial charge in [-0.15, -0.1) is 0 Å². The van der Waals surface area contributed by atoms with Crippen molar-refractivity contribution >= 4 is 27.3 Å². The second kappa shape index (κ2) is 7.94. The van der Waals surface area contributed by atoms with E-state index in [-0.39, 0.29) is 10.8 Å². The van der Waals surface area contributed by atoms with Crippen LogP contribution in [0.5, 0.6) is 0 Å². The second-order valence-corrected chi connectivity index (χ2v) is 7.77. The minimum absolute atomic E-state index is 0.0318. The highest BCUT2D eigenvalue weighted by Gasteiger charge is 2.15. The summed E-state index contributed by atoms with van der Waals surface area (Å²) in [7, 11) is -3.81. The summed E-state index contributed by atoms with van der Waals surface area (Å²) in [6, 6.07) is 21.1. The van der Waals surface area contributed by atoms with Gasteiger partial charge < -0.3 is 5.32 Å². The zero-order chi connectivity index (χ0) is 20.1. The average molecular weight is 391 g/mol. The van der Waals surface area contributed by atoms with Crippen LogP contribution in [0.25, 0.3) is 0 Å². The van der Waals surface area contributed by atoms with E-state index in [1.807, 2.05) is 31.2 Å². The van der Waals surface area contributed by atoms with Crippen molar-refractivity contribution in [3.8, 4) is 6.07 Å². The Balaban J connectivity index is 1.74. The van der Waals surface area contributed by atoms with Gasteiger partial charge in [0, 0.05) is 16.9 Å². The molecule has 0 atom stereocenters. The zero-order valence-electron chi connectivity index (χ0n) is 15.0. The summed E-state index contributed by atoms with van der Waals surface area (Å²) < 4.78 is 27.4. The molecule has 2 N–H and O–H groups in total. The molecule has 0 bridgehead atoms. The third-order valence-corrected chi connectivity index (χ3v) is 5.48. The number of carbonyl (C=O) groups is 1. The van der Waals surface area contributed by atoms with Crippen LogP contribution in [0.3, 0.4) is 0 Å². The number of nitrogens with zero attached hydrogens (tertiary/aromatic N) is 1. The van der Waals surface area contributed by atoms with Crippen LogP contribution in [0.1, 0.15) is 21.5 Å². The first kappa shape index (κ1) is 19.1. The van der Waals surface area contributed by atoms with Gasteiger partial charge in [0.15, 0.2) is 0 Å². The predicted molar refractivity (Wildman–Crippen MR) is 108 cm³/mol. The van der Waals surface area contributed by atoms with Crippen LogP contribution in [0.2, 0.25) is 0 Å². The fourth-order valence-electron chi connectivity index (χ4n) is 2.52. The van der Waals surface area contributed by atoms with Crippen molar-refractivity contribution in [1.82, 2.24) is 0 Å². The molecule has 3 aromatic rings. The highest BCUT2D eigenvalue weighted by atomic mass is 32.2. The standard InChI is InChI=1S/C21H17N3O3S/c1-15-4-2-3-5-20(15)23-21(25)17-8-12-19(13-9-17)28(26,27)24-18-10-6-16(14-22)7-11-18/h2-13,24H,1H3,(H,23,25). The fraction of sp³-hybridized carbons (Fsp3) is 0.0476. The summed E-state index contributed by atoms with van der Waals surface area (Å²) in [5, 5.41) is 11.6. The molecule has 0 saturated carbocycles. The minimum Gasteiger partial charge on any atom is -0.322 e. The van der Waals surface area contributed by atoms with E-state index < -0.39 is 10.0 Å². The third-order valence-electron chi connectivity index (χ3n) is 4.09. The molecule has 3 rings (SSSR count). The lowest BCUT2D eigenvalue weighted by Gasteiger charge is -2.10. The SMILES string of the molecule is Cc1ccccc1NC(=O)c1ccc(S(=O)(=O)Nc2ccc(C#N)cc2)cc1. The summed E-state index contributed by atoms with van der Waals surface area (Å²) in [4.78, 5) is 12.4. The van der Waals surface area contributed by atoms with Crippen molar-refractivity contribution in [2.75, 3.05) is 10.0 Å². The molecule has 0 spiro atoms. The maximum absolute atomic E-state index is 12.5. The van der Waals surface area contributed by atoms with Crippen LogP contribution in [0.15, 0.2) is 77.7 Å². The van der Waals surface area contributed by atoms with Gasteiger partial charge in [0.05, 0.1) is 16.5 Å². The molecule has 0 radical (unpaired) electrons. The van der Waals surface area contributed by atoms with Crippen LogP contribution in [0, 0.1) is 18.3 Å². The normalized spacial score (nSPS) is 10.7. The number of carbonyl (C=O) groups excluding carboxylic acids is 1. The van der Waals surface area contributed by atoms with E-state index in [0.717, 1.165) is 5.56 Å². The van der Waals surface area contributed by atoms with E-state index in [2.05, 4.69) is 10.0 Å². The molecule has 0 aliphatic rings. The molecule has 0 saturated heterocycles. The van der Waals surface area contributed by atoms with E-state index in [1.165, 1.54) is 48.5 Å². The monoisotopic (exact) mass is 391 g/mol. The number of para-hydroxylation sites is 1. The molecule has 7 heteroatoms. The van der Waals surface area contributed by atoms with E-state index in [0.29, 0.717) is 22.5 Å². The fourth-order valence-corrected chi connectivity index (χ4v) is 3.58. The first-order valence-electron chi connectivity index (χ1n) is 8.39. The Kier molecular flexibility index (Phi) is 5.43. The largest absolute Gasteiger partial charge is 0.322 e. The van der Waals surface area contributed by atoms with Crippen molar-refractivity contribution < 1.29 is 13.2 Å². The summed E-state index contributed by atoms with van der Waals surface area (Å²) in [5.41, 5.74) is 2.77. The summed E-state index contributed by atoms with van der Waals surface area (Å²) >= 11 is 0. The number of rotatable bonds is 5. The minimum atomic E-state index is -3.81. The van der Waals surface area contributed by atoms with Crippen molar-refractivity contribution in [3.05, 3.63) is 89.5 Å². The average Bonchev–Trinajstić information content (AvgIpc) is 2.70. The topological polar surface area (TPSA) is 99.1 Å². The van der Waals surface area contributed by atoms with Gasteiger partial charge in [-0.05, 0) is 67.1 Å². The number of nitrogens with one attached hydrogen (secondary N) is 2. The van der Waals surface area contributed by atoms with Crippen molar-refractivity contribution in [2.45, 2.75) is 11.8 Å². The highest BCUT2D eigenvalue weighted by Crippen LogP contribution is 2.19. The highest BCUT2D eigenvalue weighted by molar-refractivity contribution is 7.92. The predicted octanol–water partition coefficient (Wildman–Crippen LogP) is 3.92. The Morgan fingerprint density at radius 1 is 0.929 bits per heavy atom. The van der Waals surface area contributed by atoms with E-state index in [4.69, 9.17) is 5.26 Å². The van der Waals surface area contributed by atoms with Gasteiger partial charge in [-0.2, -0.15) is 5.26 Å². The number of anilines is 2. The number of benzene rings is 3. The van der Waals surface area contributed by atoms with E-state index in [9.17, 15) is 13.2 Å². The van der Waals surface area contributed by atoms with Crippen LogP contribution >= 0.6 is 0 Å². The molecule has 6 nitrogen and oxygen atoms in total. The molecule has 3 aromatic carbocycles. The Morgan fingerprint density at radius 3 is 2.18 bits per heavy atom. The van der Waals surface area contributed by atoms with Gasteiger partial charge in [-0.3, -0.25) is 9.52 Å². The molecular formula is C21H17N3O3S. The Labute approximate surface area is 163 Å². The molecule has 0 aromatic heterocycles. The number of nitriles is 1. The molecule has 140 valence electrons. The Hall–Kier alpha value is -3.63. The molecule has 0 aliphatic heterocycles. The second-order valence-electron chi connectivity index (χ2n) is 6.09. The van der Waals surface area contributed by atoms with Crippen LogP contribution in [-0.4, -0.2) is 14.3 Å². The Bertz CT molecular complexity index is 1150. The molecular weight excluding hydrogens is 374 g/mol. The Morgan fingerprint density at radius 2 is 1.57 bits per heavy atom. The quantitative estimate of drug-likeness (QED) is 0.688. The van der Waals surface area contributed by atoms with Crippen LogP contribution in [0.4, 0.5) is 11.4 Å². The van der Waals surface area contributed by atoms with Gasteiger partial charge in [-0.1, -0.05) is 18.2 Å². The summed E-state index contributed by atoms with van der Waals surface area (Å²) in [6.45, 7) is 1.89. The van der Waals surface area contributed by atoms with Crippen LogP contribution < -0.4 is 10.0 Å². The van der Waals surface area contributed by atoms with E-state index in [1.54, 1.807) is 6.07 Å². The lowest BCUT2D eigenvalue weighted by molar-refractivity contribution is 0.102. The first-order chi connectivity index (χ1) is 13.4. The lowest BCUT2D eigenvalue weighted by atomic mass is 10.1. The number of amides is 1. The summed E-state index contributed by atoms with van der Waals surface area (Å²) in [6.07, 6.45) is 0. The first-order valence-corrected chi connectivity index (χ1v) is 9.87. The van der Waals surface area contributed by atoms with Crippen molar-refractivity contribution in [2.24, 2.45) is 0 Å². The number of sulfonamides is 1. The number of hydrogen-bond donors (Lipinski definition) is 2. The summed E-state index contributed by atoms with van der Waals surface area (Å²) in [5.74, 6) is -0.321. The maximum atomic E-state index is 12.5. The van der Waals surface area contributed by atoms with Gasteiger partial charge in [0.25, 0.3) is 15.9 Å². The number of aryl methyl sites for hydroxylation is 1. The van der Waals surface area contributed by atoms with Crippen molar-refractivity contribution in [3.63, 3.8) is 0 Å². The lowest BCUT2D eigenvalue weighted by Crippen LogP contribution is -2.15. The zero-order valence-corrected chi connectivity index (χ0v) is 15.8. The van der Waals surface area contributed by atoms with Crippen molar-refractivity contribution in [1.29, 1.82) is 5.26 Å². The molecule has 1 amide bonds. The molecule has 0 aliphatic carbocycles. The van der Waals surface area contributed by atoms with E-state index >= 15 is 0 Å². The number of hydrogen-bond acceptors (Lipinski definition) is 4.